The topological polar surface area (TPSA) is 48.0 Å². The molecule has 4 rings (SSSR count). The summed E-state index contributed by atoms with van der Waals surface area (Å²) >= 11 is 0. The molecule has 25 heavy (non-hydrogen) atoms. The first kappa shape index (κ1) is 17.1. The Kier molecular flexibility index (Phi) is 4.42. The molecule has 5 heteroatoms. The van der Waals surface area contributed by atoms with Gasteiger partial charge in [0.05, 0.1) is 5.60 Å². The fraction of sp³-hybridized carbons (Fsp3) is 0.700. The van der Waals surface area contributed by atoms with E-state index in [0.29, 0.717) is 12.0 Å². The lowest BCUT2D eigenvalue weighted by atomic mass is 9.92. The van der Waals surface area contributed by atoms with Crippen molar-refractivity contribution in [3.8, 4) is 0 Å². The molecule has 2 saturated heterocycles. The average molecular weight is 345 g/mol. The van der Waals surface area contributed by atoms with Crippen LogP contribution in [0.3, 0.4) is 0 Å². The molecule has 3 aliphatic rings. The number of rotatable bonds is 3. The number of hydrogen-bond donors (Lipinski definition) is 2. The average Bonchev–Trinajstić information content (AvgIpc) is 3.18. The zero-order chi connectivity index (χ0) is 17.6. The second-order valence-corrected chi connectivity index (χ2v) is 8.63. The number of fused-ring (bicyclic) bond motifs is 2. The molecule has 5 nitrogen and oxygen atoms in total. The number of ether oxygens (including phenoxy) is 1. The minimum atomic E-state index is -0.785. The molecule has 0 amide bonds. The number of nitrogens with one attached hydrogen (secondary N) is 1. The van der Waals surface area contributed by atoms with Gasteiger partial charge in [-0.15, -0.1) is 0 Å². The molecule has 3 atom stereocenters. The highest BCUT2D eigenvalue weighted by molar-refractivity contribution is 5.69. The van der Waals surface area contributed by atoms with Gasteiger partial charge in [-0.3, -0.25) is 4.90 Å². The van der Waals surface area contributed by atoms with E-state index in [4.69, 9.17) is 4.74 Å². The zero-order valence-corrected chi connectivity index (χ0v) is 15.7. The number of piperidine rings is 1. The Labute approximate surface area is 151 Å². The molecule has 1 aromatic rings. The first-order valence-corrected chi connectivity index (χ1v) is 9.65. The van der Waals surface area contributed by atoms with Crippen LogP contribution in [-0.4, -0.2) is 54.2 Å². The van der Waals surface area contributed by atoms with E-state index in [-0.39, 0.29) is 5.60 Å². The predicted molar refractivity (Wildman–Crippen MR) is 101 cm³/mol. The Morgan fingerprint density at radius 2 is 2.08 bits per heavy atom. The van der Waals surface area contributed by atoms with Gasteiger partial charge >= 0.3 is 0 Å². The van der Waals surface area contributed by atoms with Crippen LogP contribution >= 0.6 is 0 Å². The lowest BCUT2D eigenvalue weighted by Crippen LogP contribution is -2.51. The van der Waals surface area contributed by atoms with Crippen molar-refractivity contribution in [3.63, 3.8) is 0 Å². The molecular formula is C20H31N3O2. The molecule has 0 aliphatic carbocycles. The van der Waals surface area contributed by atoms with Crippen LogP contribution < -0.4 is 10.2 Å². The van der Waals surface area contributed by atoms with Crippen LogP contribution in [0.1, 0.15) is 39.2 Å². The monoisotopic (exact) mass is 345 g/mol. The molecule has 0 aromatic heterocycles. The summed E-state index contributed by atoms with van der Waals surface area (Å²) in [5.74, 6) is 0.609. The fourth-order valence-corrected chi connectivity index (χ4v) is 4.72. The molecule has 1 unspecified atom stereocenters. The van der Waals surface area contributed by atoms with Crippen LogP contribution in [0.4, 0.5) is 11.4 Å². The normalized spacial score (nSPS) is 27.8. The molecule has 3 aliphatic heterocycles. The van der Waals surface area contributed by atoms with Gasteiger partial charge in [0.25, 0.3) is 0 Å². The second-order valence-electron chi connectivity index (χ2n) is 8.63. The predicted octanol–water partition coefficient (Wildman–Crippen LogP) is 2.65. The molecule has 0 spiro atoms. The van der Waals surface area contributed by atoms with Crippen molar-refractivity contribution in [2.75, 3.05) is 36.4 Å². The lowest BCUT2D eigenvalue weighted by Gasteiger charge is -2.41. The minimum Gasteiger partial charge on any atom is -0.384 e. The molecule has 3 heterocycles. The standard InChI is InChI=1S/C20H31N3O2/c1-20(2,3)25-19(24)23-12-8-14-13-22(11-9-17(14)23)18-6-4-5-16-15(18)7-10-21-16/h4-6,14,17,19,21,24H,7-13H2,1-3H3/t14-,17+,19?/m1/s1. The highest BCUT2D eigenvalue weighted by atomic mass is 16.6. The summed E-state index contributed by atoms with van der Waals surface area (Å²) in [6.07, 6.45) is 2.57. The number of anilines is 2. The smallest absolute Gasteiger partial charge is 0.216 e. The van der Waals surface area contributed by atoms with Crippen LogP contribution in [0, 0.1) is 5.92 Å². The Bertz CT molecular complexity index is 628. The number of nitrogens with zero attached hydrogens (tertiary/aromatic N) is 2. The van der Waals surface area contributed by atoms with Crippen molar-refractivity contribution in [2.24, 2.45) is 5.92 Å². The van der Waals surface area contributed by atoms with Crippen LogP contribution in [0.25, 0.3) is 0 Å². The molecule has 2 N–H and O–H groups in total. The first-order chi connectivity index (χ1) is 11.9. The van der Waals surface area contributed by atoms with E-state index >= 15 is 0 Å². The van der Waals surface area contributed by atoms with Crippen LogP contribution in [0.2, 0.25) is 0 Å². The van der Waals surface area contributed by atoms with Gasteiger partial charge in [-0.1, -0.05) is 6.07 Å². The maximum atomic E-state index is 10.5. The van der Waals surface area contributed by atoms with Gasteiger partial charge < -0.3 is 20.1 Å². The van der Waals surface area contributed by atoms with Crippen molar-refractivity contribution >= 4 is 11.4 Å². The van der Waals surface area contributed by atoms with E-state index in [9.17, 15) is 5.11 Å². The third-order valence-corrected chi connectivity index (χ3v) is 5.80. The minimum absolute atomic E-state index is 0.324. The van der Waals surface area contributed by atoms with Gasteiger partial charge in [0.1, 0.15) is 0 Å². The van der Waals surface area contributed by atoms with E-state index in [1.54, 1.807) is 0 Å². The SMILES string of the molecule is CC(C)(C)OC(O)N1CC[C@@H]2CN(c3cccc4c3CCN4)CC[C@@H]21. The van der Waals surface area contributed by atoms with Crippen molar-refractivity contribution < 1.29 is 9.84 Å². The third-order valence-electron chi connectivity index (χ3n) is 5.80. The summed E-state index contributed by atoms with van der Waals surface area (Å²) in [6.45, 7) is 10.1. The summed E-state index contributed by atoms with van der Waals surface area (Å²) in [7, 11) is 0. The third kappa shape index (κ3) is 3.37. The van der Waals surface area contributed by atoms with Gasteiger partial charge in [-0.25, -0.2) is 0 Å². The Morgan fingerprint density at radius 3 is 2.88 bits per heavy atom. The van der Waals surface area contributed by atoms with E-state index < -0.39 is 6.41 Å². The van der Waals surface area contributed by atoms with Crippen molar-refractivity contribution in [3.05, 3.63) is 23.8 Å². The van der Waals surface area contributed by atoms with Gasteiger partial charge in [0.2, 0.25) is 6.41 Å². The molecule has 1 aromatic carbocycles. The summed E-state index contributed by atoms with van der Waals surface area (Å²) < 4.78 is 5.80. The van der Waals surface area contributed by atoms with E-state index in [1.165, 1.54) is 16.9 Å². The number of aliphatic hydroxyl groups is 1. The van der Waals surface area contributed by atoms with Crippen LogP contribution in [0.15, 0.2) is 18.2 Å². The van der Waals surface area contributed by atoms with E-state index in [0.717, 1.165) is 45.4 Å². The quantitative estimate of drug-likeness (QED) is 0.825. The number of likely N-dealkylation sites (tertiary alicyclic amines) is 1. The Morgan fingerprint density at radius 1 is 1.24 bits per heavy atom. The van der Waals surface area contributed by atoms with Gasteiger partial charge in [0, 0.05) is 49.2 Å². The number of benzene rings is 1. The largest absolute Gasteiger partial charge is 0.384 e. The molecule has 2 fully saturated rings. The molecule has 0 radical (unpaired) electrons. The summed E-state index contributed by atoms with van der Waals surface area (Å²) in [5.41, 5.74) is 3.87. The Hall–Kier alpha value is -1.30. The number of aliphatic hydroxyl groups excluding tert-OH is 1. The van der Waals surface area contributed by atoms with Crippen LogP contribution in [-0.2, 0) is 11.2 Å². The lowest BCUT2D eigenvalue weighted by molar-refractivity contribution is -0.244. The van der Waals surface area contributed by atoms with Crippen LogP contribution in [0.5, 0.6) is 0 Å². The summed E-state index contributed by atoms with van der Waals surface area (Å²) in [5, 5.41) is 14.0. The molecule has 0 bridgehead atoms. The van der Waals surface area contributed by atoms with Crippen molar-refractivity contribution in [1.29, 1.82) is 0 Å². The molecule has 0 saturated carbocycles. The van der Waals surface area contributed by atoms with Crippen molar-refractivity contribution in [2.45, 2.75) is 58.1 Å². The maximum absolute atomic E-state index is 10.5. The van der Waals surface area contributed by atoms with Crippen molar-refractivity contribution in [1.82, 2.24) is 4.90 Å². The molecule has 138 valence electrons. The first-order valence-electron chi connectivity index (χ1n) is 9.65. The summed E-state index contributed by atoms with van der Waals surface area (Å²) in [4.78, 5) is 4.73. The molecular weight excluding hydrogens is 314 g/mol. The van der Waals surface area contributed by atoms with E-state index in [2.05, 4.69) is 33.3 Å². The van der Waals surface area contributed by atoms with E-state index in [1.807, 2.05) is 20.8 Å². The highest BCUT2D eigenvalue weighted by Crippen LogP contribution is 2.38. The fourth-order valence-electron chi connectivity index (χ4n) is 4.72. The van der Waals surface area contributed by atoms with Gasteiger partial charge in [-0.2, -0.15) is 0 Å². The zero-order valence-electron chi connectivity index (χ0n) is 15.7. The highest BCUT2D eigenvalue weighted by Gasteiger charge is 2.42. The second kappa shape index (κ2) is 6.45. The maximum Gasteiger partial charge on any atom is 0.216 e. The van der Waals surface area contributed by atoms with Gasteiger partial charge in [-0.05, 0) is 58.1 Å². The number of hydrogen-bond acceptors (Lipinski definition) is 5. The Balaban J connectivity index is 1.45. The summed E-state index contributed by atoms with van der Waals surface area (Å²) in [6, 6.07) is 7.07. The van der Waals surface area contributed by atoms with Gasteiger partial charge in [0.15, 0.2) is 0 Å².